The molecule has 0 spiro atoms. The van der Waals surface area contributed by atoms with Crippen molar-refractivity contribution in [3.05, 3.63) is 5.89 Å². The summed E-state index contributed by atoms with van der Waals surface area (Å²) in [5, 5.41) is 3.24. The van der Waals surface area contributed by atoms with Crippen LogP contribution in [0.5, 0.6) is 6.01 Å². The number of nitrogens with zero attached hydrogens (tertiary/aromatic N) is 2. The molecule has 0 N–H and O–H groups in total. The Morgan fingerprint density at radius 3 is 2.90 bits per heavy atom. The lowest BCUT2D eigenvalue weighted by Crippen LogP contribution is -1.97. The summed E-state index contributed by atoms with van der Waals surface area (Å²) in [5.41, 5.74) is -0.985. The number of aromatic nitrogens is 2. The largest absolute Gasteiger partial charge is 0.411 e. The van der Waals surface area contributed by atoms with Crippen LogP contribution >= 0.6 is 11.6 Å². The van der Waals surface area contributed by atoms with E-state index in [-0.39, 0.29) is 6.01 Å². The van der Waals surface area contributed by atoms with Gasteiger partial charge in [-0.1, -0.05) is 0 Å². The molecule has 0 atom stereocenters. The summed E-state index contributed by atoms with van der Waals surface area (Å²) in [6, 6.07) is -0.169. The fourth-order valence-corrected chi connectivity index (χ4v) is 0.463. The molecule has 1 rings (SSSR count). The number of hydrogen-bond acceptors (Lipinski definition) is 5. The van der Waals surface area contributed by atoms with Crippen LogP contribution in [0.15, 0.2) is 4.52 Å². The van der Waals surface area contributed by atoms with E-state index in [2.05, 4.69) is 19.4 Å². The average Bonchev–Trinajstić information content (AvgIpc) is 2.13. The first kappa shape index (κ1) is 7.01. The van der Waals surface area contributed by atoms with Gasteiger partial charge in [-0.3, -0.25) is 0 Å². The first-order valence-corrected chi connectivity index (χ1v) is 2.74. The Balaban J connectivity index is 2.67. The SMILES string of the molecule is Cc1nc(OC(=O)Cl)no1. The van der Waals surface area contributed by atoms with Gasteiger partial charge in [0.1, 0.15) is 0 Å². The fraction of sp³-hybridized carbons (Fsp3) is 0.250. The van der Waals surface area contributed by atoms with Crippen LogP contribution in [0.3, 0.4) is 0 Å². The van der Waals surface area contributed by atoms with Crippen molar-refractivity contribution >= 4 is 17.0 Å². The van der Waals surface area contributed by atoms with Crippen LogP contribution in [-0.2, 0) is 0 Å². The maximum absolute atomic E-state index is 10.0. The number of hydrogen-bond donors (Lipinski definition) is 0. The molecular formula is C4H3ClN2O3. The second-order valence-electron chi connectivity index (χ2n) is 1.44. The molecule has 0 saturated carbocycles. The van der Waals surface area contributed by atoms with Gasteiger partial charge in [-0.15, -0.1) is 0 Å². The third-order valence-electron chi connectivity index (χ3n) is 0.680. The minimum atomic E-state index is -0.985. The number of halogens is 1. The first-order chi connectivity index (χ1) is 4.68. The lowest BCUT2D eigenvalue weighted by molar-refractivity contribution is 0.219. The van der Waals surface area contributed by atoms with E-state index in [1.165, 1.54) is 0 Å². The van der Waals surface area contributed by atoms with E-state index < -0.39 is 5.43 Å². The van der Waals surface area contributed by atoms with Crippen LogP contribution in [0.4, 0.5) is 4.79 Å². The van der Waals surface area contributed by atoms with Gasteiger partial charge in [-0.25, -0.2) is 4.79 Å². The Hall–Kier alpha value is -1.10. The van der Waals surface area contributed by atoms with E-state index in [0.717, 1.165) is 0 Å². The third kappa shape index (κ3) is 1.70. The predicted octanol–water partition coefficient (Wildman–Crippen LogP) is 1.12. The molecule has 0 unspecified atom stereocenters. The van der Waals surface area contributed by atoms with Crippen molar-refractivity contribution in [3.8, 4) is 6.01 Å². The molecule has 10 heavy (non-hydrogen) atoms. The highest BCUT2D eigenvalue weighted by atomic mass is 35.5. The molecule has 0 aliphatic rings. The van der Waals surface area contributed by atoms with Crippen molar-refractivity contribution in [2.24, 2.45) is 0 Å². The van der Waals surface area contributed by atoms with Gasteiger partial charge in [-0.2, -0.15) is 4.98 Å². The minimum Gasteiger partial charge on any atom is -0.376 e. The molecule has 5 nitrogen and oxygen atoms in total. The normalized spacial score (nSPS) is 9.40. The number of ether oxygens (including phenoxy) is 1. The quantitative estimate of drug-likeness (QED) is 0.579. The third-order valence-corrected chi connectivity index (χ3v) is 0.758. The van der Waals surface area contributed by atoms with Gasteiger partial charge < -0.3 is 9.26 Å². The lowest BCUT2D eigenvalue weighted by atomic mass is 10.8. The molecule has 0 aliphatic carbocycles. The summed E-state index contributed by atoms with van der Waals surface area (Å²) in [7, 11) is 0. The van der Waals surface area contributed by atoms with Gasteiger partial charge in [0, 0.05) is 18.5 Å². The monoisotopic (exact) mass is 162 g/mol. The van der Waals surface area contributed by atoms with Crippen LogP contribution in [0.2, 0.25) is 0 Å². The van der Waals surface area contributed by atoms with Crippen molar-refractivity contribution in [1.29, 1.82) is 0 Å². The summed E-state index contributed by atoms with van der Waals surface area (Å²) in [6.07, 6.45) is 0. The summed E-state index contributed by atoms with van der Waals surface area (Å²) in [6.45, 7) is 1.57. The fourth-order valence-electron chi connectivity index (χ4n) is 0.394. The maximum atomic E-state index is 10.0. The highest BCUT2D eigenvalue weighted by molar-refractivity contribution is 6.61. The highest BCUT2D eigenvalue weighted by Gasteiger charge is 2.05. The summed E-state index contributed by atoms with van der Waals surface area (Å²) < 4.78 is 8.71. The molecule has 0 aliphatic heterocycles. The number of rotatable bonds is 1. The molecule has 6 heteroatoms. The molecule has 1 aromatic rings. The molecule has 1 heterocycles. The summed E-state index contributed by atoms with van der Waals surface area (Å²) in [5.74, 6) is 0.313. The Morgan fingerprint density at radius 2 is 2.50 bits per heavy atom. The van der Waals surface area contributed by atoms with Crippen molar-refractivity contribution in [2.45, 2.75) is 6.92 Å². The lowest BCUT2D eigenvalue weighted by Gasteiger charge is -1.85. The van der Waals surface area contributed by atoms with E-state index in [1.54, 1.807) is 6.92 Å². The number of carbonyl (C=O) groups excluding carboxylic acids is 1. The molecule has 0 aromatic carbocycles. The second-order valence-corrected chi connectivity index (χ2v) is 1.74. The standard InChI is InChI=1S/C4H3ClN2O3/c1-2-6-4(7-10-2)9-3(5)8/h1H3. The molecule has 0 amide bonds. The Labute approximate surface area is 60.9 Å². The molecule has 0 radical (unpaired) electrons. The van der Waals surface area contributed by atoms with E-state index >= 15 is 0 Å². The summed E-state index contributed by atoms with van der Waals surface area (Å²) >= 11 is 4.84. The van der Waals surface area contributed by atoms with Crippen LogP contribution in [0, 0.1) is 6.92 Å². The Kier molecular flexibility index (Phi) is 1.86. The molecule has 0 fully saturated rings. The second kappa shape index (κ2) is 2.66. The van der Waals surface area contributed by atoms with Crippen LogP contribution in [0.25, 0.3) is 0 Å². The molecule has 1 aromatic heterocycles. The van der Waals surface area contributed by atoms with Crippen molar-refractivity contribution in [1.82, 2.24) is 10.1 Å². The minimum absolute atomic E-state index is 0.169. The first-order valence-electron chi connectivity index (χ1n) is 2.36. The van der Waals surface area contributed by atoms with Gasteiger partial charge >= 0.3 is 11.4 Å². The van der Waals surface area contributed by atoms with Gasteiger partial charge in [0.2, 0.25) is 5.89 Å². The zero-order valence-electron chi connectivity index (χ0n) is 5.00. The molecular weight excluding hydrogens is 160 g/mol. The van der Waals surface area contributed by atoms with Gasteiger partial charge in [0.05, 0.1) is 0 Å². The molecule has 0 saturated heterocycles. The van der Waals surface area contributed by atoms with Crippen LogP contribution < -0.4 is 4.74 Å². The smallest absolute Gasteiger partial charge is 0.376 e. The van der Waals surface area contributed by atoms with Crippen molar-refractivity contribution in [3.63, 3.8) is 0 Å². The number of aryl methyl sites for hydroxylation is 1. The highest BCUT2D eigenvalue weighted by Crippen LogP contribution is 2.04. The van der Waals surface area contributed by atoms with Gasteiger partial charge in [0.25, 0.3) is 0 Å². The van der Waals surface area contributed by atoms with Crippen LogP contribution in [-0.4, -0.2) is 15.6 Å². The Bertz CT molecular complexity index is 246. The van der Waals surface area contributed by atoms with Gasteiger partial charge in [0.15, 0.2) is 0 Å². The topological polar surface area (TPSA) is 65.2 Å². The predicted molar refractivity (Wildman–Crippen MR) is 30.9 cm³/mol. The van der Waals surface area contributed by atoms with Crippen molar-refractivity contribution < 1.29 is 14.1 Å². The average molecular weight is 163 g/mol. The molecule has 0 bridgehead atoms. The van der Waals surface area contributed by atoms with Gasteiger partial charge in [-0.05, 0) is 5.16 Å². The summed E-state index contributed by atoms with van der Waals surface area (Å²) in [4.78, 5) is 13.6. The van der Waals surface area contributed by atoms with E-state index in [0.29, 0.717) is 5.89 Å². The molecule has 54 valence electrons. The number of carbonyl (C=O) groups is 1. The maximum Gasteiger partial charge on any atom is 0.411 e. The Morgan fingerprint density at radius 1 is 1.80 bits per heavy atom. The zero-order valence-corrected chi connectivity index (χ0v) is 5.75. The zero-order chi connectivity index (χ0) is 7.56. The van der Waals surface area contributed by atoms with Crippen LogP contribution in [0.1, 0.15) is 5.89 Å². The van der Waals surface area contributed by atoms with E-state index in [1.807, 2.05) is 0 Å². The van der Waals surface area contributed by atoms with Crippen molar-refractivity contribution in [2.75, 3.05) is 0 Å². The van der Waals surface area contributed by atoms with E-state index in [9.17, 15) is 4.79 Å². The van der Waals surface area contributed by atoms with E-state index in [4.69, 9.17) is 11.6 Å².